The quantitative estimate of drug-likeness (QED) is 0.720. The van der Waals surface area contributed by atoms with Crippen molar-refractivity contribution in [2.45, 2.75) is 44.7 Å². The van der Waals surface area contributed by atoms with E-state index in [4.69, 9.17) is 0 Å². The number of carbonyl (C=O) groups is 1. The van der Waals surface area contributed by atoms with Gasteiger partial charge in [0.15, 0.2) is 11.2 Å². The summed E-state index contributed by atoms with van der Waals surface area (Å²) < 4.78 is 2.89. The summed E-state index contributed by atoms with van der Waals surface area (Å²) >= 11 is 0. The average Bonchev–Trinajstić information content (AvgIpc) is 3.47. The van der Waals surface area contributed by atoms with E-state index in [0.717, 1.165) is 25.7 Å². The number of fused-ring (bicyclic) bond motifs is 2. The van der Waals surface area contributed by atoms with Gasteiger partial charge < -0.3 is 5.11 Å². The van der Waals surface area contributed by atoms with Crippen LogP contribution in [-0.2, 0) is 0 Å². The van der Waals surface area contributed by atoms with Gasteiger partial charge in [-0.1, -0.05) is 0 Å². The van der Waals surface area contributed by atoms with Crippen LogP contribution < -0.4 is 11.2 Å². The number of carboxylic acids is 1. The van der Waals surface area contributed by atoms with Gasteiger partial charge in [0.1, 0.15) is 0 Å². The van der Waals surface area contributed by atoms with Crippen molar-refractivity contribution in [1.82, 2.24) is 19.1 Å². The van der Waals surface area contributed by atoms with Crippen molar-refractivity contribution < 1.29 is 9.90 Å². The first-order valence-corrected chi connectivity index (χ1v) is 8.68. The smallest absolute Gasteiger partial charge is 0.336 e. The van der Waals surface area contributed by atoms with Crippen molar-refractivity contribution in [3.05, 3.63) is 44.1 Å². The lowest BCUT2D eigenvalue weighted by Crippen LogP contribution is -2.40. The molecule has 0 amide bonds. The van der Waals surface area contributed by atoms with Gasteiger partial charge in [-0.25, -0.2) is 19.6 Å². The van der Waals surface area contributed by atoms with Crippen molar-refractivity contribution in [2.75, 3.05) is 0 Å². The first kappa shape index (κ1) is 15.2. The van der Waals surface area contributed by atoms with E-state index < -0.39 is 11.5 Å². The number of hydrogen-bond acceptors (Lipinski definition) is 5. The van der Waals surface area contributed by atoms with Crippen molar-refractivity contribution in [3.63, 3.8) is 0 Å². The molecule has 2 saturated carbocycles. The van der Waals surface area contributed by atoms with E-state index in [9.17, 15) is 19.5 Å². The van der Waals surface area contributed by atoms with Gasteiger partial charge in [0.25, 0.3) is 5.56 Å². The van der Waals surface area contributed by atoms with Crippen LogP contribution >= 0.6 is 0 Å². The lowest BCUT2D eigenvalue weighted by Gasteiger charge is -2.13. The topological polar surface area (TPSA) is 107 Å². The van der Waals surface area contributed by atoms with Crippen LogP contribution in [0.1, 0.15) is 53.7 Å². The van der Waals surface area contributed by atoms with E-state index in [1.165, 1.54) is 10.6 Å². The molecule has 0 bridgehead atoms. The van der Waals surface area contributed by atoms with E-state index in [0.29, 0.717) is 16.6 Å². The van der Waals surface area contributed by atoms with Crippen LogP contribution in [0.5, 0.6) is 0 Å². The zero-order chi connectivity index (χ0) is 18.2. The highest BCUT2D eigenvalue weighted by molar-refractivity contribution is 5.95. The molecule has 1 aromatic carbocycles. The number of rotatable bonds is 3. The summed E-state index contributed by atoms with van der Waals surface area (Å²) in [5.74, 6) is -1.05. The molecule has 2 aliphatic rings. The second-order valence-electron chi connectivity index (χ2n) is 7.15. The van der Waals surface area contributed by atoms with Crippen LogP contribution in [0.3, 0.4) is 0 Å². The van der Waals surface area contributed by atoms with E-state index in [2.05, 4.69) is 9.97 Å². The monoisotopic (exact) mass is 352 g/mol. The molecule has 8 nitrogen and oxygen atoms in total. The third-order valence-electron chi connectivity index (χ3n) is 5.11. The van der Waals surface area contributed by atoms with Crippen LogP contribution in [-0.4, -0.2) is 30.2 Å². The Kier molecular flexibility index (Phi) is 2.93. The number of aryl methyl sites for hydroxylation is 1. The molecule has 0 saturated heterocycles. The van der Waals surface area contributed by atoms with Gasteiger partial charge in [0.05, 0.1) is 16.6 Å². The Labute approximate surface area is 146 Å². The Morgan fingerprint density at radius 3 is 2.27 bits per heavy atom. The summed E-state index contributed by atoms with van der Waals surface area (Å²) in [5.41, 5.74) is 1.23. The molecule has 0 spiro atoms. The first-order valence-electron chi connectivity index (χ1n) is 8.68. The van der Waals surface area contributed by atoms with E-state index >= 15 is 0 Å². The zero-order valence-corrected chi connectivity index (χ0v) is 14.1. The molecular formula is C18H16N4O4. The lowest BCUT2D eigenvalue weighted by atomic mass is 10.1. The van der Waals surface area contributed by atoms with Gasteiger partial charge in [0.2, 0.25) is 0 Å². The van der Waals surface area contributed by atoms with E-state index in [1.807, 2.05) is 0 Å². The molecule has 1 N–H and O–H groups in total. The van der Waals surface area contributed by atoms with Gasteiger partial charge in [-0.05, 0) is 50.3 Å². The molecule has 0 unspecified atom stereocenters. The Morgan fingerprint density at radius 1 is 1.04 bits per heavy atom. The fourth-order valence-electron chi connectivity index (χ4n) is 3.46. The fourth-order valence-corrected chi connectivity index (χ4v) is 3.46. The molecule has 8 heteroatoms. The van der Waals surface area contributed by atoms with Crippen molar-refractivity contribution >= 4 is 28.2 Å². The minimum atomic E-state index is -1.05. The zero-order valence-electron chi connectivity index (χ0n) is 14.1. The molecule has 0 atom stereocenters. The fraction of sp³-hybridized carbons (Fsp3) is 0.389. The second kappa shape index (κ2) is 5.00. The molecule has 0 radical (unpaired) electrons. The summed E-state index contributed by atoms with van der Waals surface area (Å²) in [7, 11) is 0. The first-order chi connectivity index (χ1) is 12.5. The standard InChI is InChI=1S/C18H16N4O4/c1-8-6-12-13(7-11(8)17(24)25)20-15-14(19-12)16(23)22(10-4-5-10)18(26)21(15)9-2-3-9/h6-7,9-10H,2-5H2,1H3,(H,24,25). The molecule has 2 fully saturated rings. The molecular weight excluding hydrogens is 336 g/mol. The summed E-state index contributed by atoms with van der Waals surface area (Å²) in [6.45, 7) is 1.68. The third-order valence-corrected chi connectivity index (χ3v) is 5.11. The van der Waals surface area contributed by atoms with Gasteiger partial charge in [-0.2, -0.15) is 0 Å². The van der Waals surface area contributed by atoms with Crippen LogP contribution in [0, 0.1) is 6.92 Å². The van der Waals surface area contributed by atoms with Crippen LogP contribution in [0.4, 0.5) is 0 Å². The molecule has 132 valence electrons. The number of nitrogens with zero attached hydrogens (tertiary/aromatic N) is 4. The highest BCUT2D eigenvalue weighted by Crippen LogP contribution is 2.37. The van der Waals surface area contributed by atoms with Crippen molar-refractivity contribution in [3.8, 4) is 0 Å². The summed E-state index contributed by atoms with van der Waals surface area (Å²) in [6, 6.07) is 3.07. The van der Waals surface area contributed by atoms with E-state index in [1.54, 1.807) is 17.6 Å². The largest absolute Gasteiger partial charge is 0.478 e. The normalized spacial score (nSPS) is 17.1. The predicted molar refractivity (Wildman–Crippen MR) is 93.8 cm³/mol. The average molecular weight is 352 g/mol. The molecule has 2 heterocycles. The highest BCUT2D eigenvalue weighted by atomic mass is 16.4. The summed E-state index contributed by atoms with van der Waals surface area (Å²) in [5, 5.41) is 9.33. The van der Waals surface area contributed by atoms with Crippen molar-refractivity contribution in [1.29, 1.82) is 0 Å². The molecule has 3 aromatic rings. The predicted octanol–water partition coefficient (Wildman–Crippen LogP) is 1.78. The van der Waals surface area contributed by atoms with Gasteiger partial charge >= 0.3 is 11.7 Å². The third kappa shape index (κ3) is 2.11. The minimum Gasteiger partial charge on any atom is -0.478 e. The van der Waals surface area contributed by atoms with Crippen molar-refractivity contribution in [2.24, 2.45) is 0 Å². The Balaban J connectivity index is 1.92. The maximum atomic E-state index is 12.9. The number of aromatic nitrogens is 4. The summed E-state index contributed by atoms with van der Waals surface area (Å²) in [4.78, 5) is 46.1. The number of carboxylic acid groups (broad SMARTS) is 1. The maximum absolute atomic E-state index is 12.9. The van der Waals surface area contributed by atoms with Crippen LogP contribution in [0.25, 0.3) is 22.2 Å². The van der Waals surface area contributed by atoms with Crippen LogP contribution in [0.15, 0.2) is 21.7 Å². The molecule has 5 rings (SSSR count). The second-order valence-corrected chi connectivity index (χ2v) is 7.15. The Bertz CT molecular complexity index is 1230. The Morgan fingerprint density at radius 2 is 1.65 bits per heavy atom. The number of aromatic carboxylic acids is 1. The molecule has 2 aliphatic carbocycles. The molecule has 2 aromatic heterocycles. The molecule has 0 aliphatic heterocycles. The number of benzene rings is 1. The summed E-state index contributed by atoms with van der Waals surface area (Å²) in [6.07, 6.45) is 3.39. The van der Waals surface area contributed by atoms with Gasteiger partial charge in [-0.3, -0.25) is 13.9 Å². The van der Waals surface area contributed by atoms with Crippen LogP contribution in [0.2, 0.25) is 0 Å². The lowest BCUT2D eigenvalue weighted by molar-refractivity contribution is 0.0696. The highest BCUT2D eigenvalue weighted by Gasteiger charge is 2.34. The minimum absolute atomic E-state index is 0.0340. The van der Waals surface area contributed by atoms with Gasteiger partial charge in [-0.15, -0.1) is 0 Å². The number of hydrogen-bond donors (Lipinski definition) is 1. The maximum Gasteiger partial charge on any atom is 0.336 e. The SMILES string of the molecule is Cc1cc2nc3c(=O)n(C4CC4)c(=O)n(C4CC4)c3nc2cc1C(=O)O. The Hall–Kier alpha value is -3.03. The molecule has 26 heavy (non-hydrogen) atoms. The van der Waals surface area contributed by atoms with Gasteiger partial charge in [0, 0.05) is 12.1 Å². The van der Waals surface area contributed by atoms with E-state index in [-0.39, 0.29) is 34.5 Å².